The summed E-state index contributed by atoms with van der Waals surface area (Å²) in [4.78, 5) is 22.6. The molecule has 2 aromatic rings. The summed E-state index contributed by atoms with van der Waals surface area (Å²) in [7, 11) is 0. The number of aromatic carboxylic acids is 1. The maximum Gasteiger partial charge on any atom is 0.352 e. The van der Waals surface area contributed by atoms with Gasteiger partial charge in [0.05, 0.1) is 10.7 Å². The molecule has 0 atom stereocenters. The molecule has 0 aliphatic heterocycles. The van der Waals surface area contributed by atoms with Gasteiger partial charge in [0.1, 0.15) is 5.69 Å². The number of Topliss-reactive ketones (excluding diaryl/α,β-unsaturated/α-hetero) is 1. The predicted molar refractivity (Wildman–Crippen MR) is 75.4 cm³/mol. The van der Waals surface area contributed by atoms with Gasteiger partial charge in [-0.2, -0.15) is 0 Å². The Balaban J connectivity index is 2.70. The minimum absolute atomic E-state index is 0.00907. The Morgan fingerprint density at radius 2 is 2.00 bits per heavy atom. The first kappa shape index (κ1) is 13.8. The molecule has 0 amide bonds. The minimum Gasteiger partial charge on any atom is -0.477 e. The van der Waals surface area contributed by atoms with Crippen LogP contribution in [0.5, 0.6) is 0 Å². The lowest BCUT2D eigenvalue weighted by atomic mass is 10.2. The van der Waals surface area contributed by atoms with Gasteiger partial charge in [0, 0.05) is 16.2 Å². The number of benzene rings is 1. The SMILES string of the molecule is CC(=O)c1cc(C(=O)O)n(-c2cc(Br)ccc2Cl)c1. The first-order valence-electron chi connectivity index (χ1n) is 5.32. The number of aromatic nitrogens is 1. The summed E-state index contributed by atoms with van der Waals surface area (Å²) >= 11 is 9.38. The molecule has 0 aliphatic carbocycles. The van der Waals surface area contributed by atoms with Crippen molar-refractivity contribution in [2.45, 2.75) is 6.92 Å². The molecule has 0 saturated heterocycles. The topological polar surface area (TPSA) is 59.3 Å². The number of carbonyl (C=O) groups excluding carboxylic acids is 1. The van der Waals surface area contributed by atoms with Crippen LogP contribution in [-0.2, 0) is 0 Å². The van der Waals surface area contributed by atoms with Crippen LogP contribution in [0.25, 0.3) is 5.69 Å². The molecule has 4 nitrogen and oxygen atoms in total. The molecule has 2 rings (SSSR count). The molecule has 0 fully saturated rings. The van der Waals surface area contributed by atoms with Crippen LogP contribution in [-0.4, -0.2) is 21.4 Å². The van der Waals surface area contributed by atoms with Crippen molar-refractivity contribution in [2.75, 3.05) is 0 Å². The predicted octanol–water partition coefficient (Wildman–Crippen LogP) is 3.79. The number of halogens is 2. The summed E-state index contributed by atoms with van der Waals surface area (Å²) in [5.41, 5.74) is 0.819. The second-order valence-corrected chi connectivity index (χ2v) is 5.26. The molecule has 19 heavy (non-hydrogen) atoms. The Kier molecular flexibility index (Phi) is 3.78. The maximum atomic E-state index is 11.4. The van der Waals surface area contributed by atoms with E-state index in [1.165, 1.54) is 23.8 Å². The lowest BCUT2D eigenvalue weighted by Gasteiger charge is -2.08. The molecule has 1 N–H and O–H groups in total. The van der Waals surface area contributed by atoms with Crippen molar-refractivity contribution in [3.63, 3.8) is 0 Å². The van der Waals surface area contributed by atoms with E-state index >= 15 is 0 Å². The molecule has 98 valence electrons. The molecule has 6 heteroatoms. The zero-order valence-corrected chi connectivity index (χ0v) is 12.2. The van der Waals surface area contributed by atoms with Crippen LogP contribution < -0.4 is 0 Å². The van der Waals surface area contributed by atoms with Crippen LogP contribution >= 0.6 is 27.5 Å². The summed E-state index contributed by atoms with van der Waals surface area (Å²) in [6, 6.07) is 6.43. The highest BCUT2D eigenvalue weighted by molar-refractivity contribution is 9.10. The standard InChI is InChI=1S/C13H9BrClNO3/c1-7(17)8-4-12(13(18)19)16(6-8)11-5-9(14)2-3-10(11)15/h2-6H,1H3,(H,18,19). The summed E-state index contributed by atoms with van der Waals surface area (Å²) < 4.78 is 2.16. The molecule has 0 saturated carbocycles. The van der Waals surface area contributed by atoms with Gasteiger partial charge >= 0.3 is 5.97 Å². The molecule has 0 radical (unpaired) electrons. The lowest BCUT2D eigenvalue weighted by molar-refractivity contribution is 0.0688. The van der Waals surface area contributed by atoms with Gasteiger partial charge < -0.3 is 9.67 Å². The number of hydrogen-bond donors (Lipinski definition) is 1. The van der Waals surface area contributed by atoms with E-state index in [1.807, 2.05) is 0 Å². The third-order valence-corrected chi connectivity index (χ3v) is 3.43. The number of carboxylic acids is 1. The van der Waals surface area contributed by atoms with Gasteiger partial charge in [0.15, 0.2) is 5.78 Å². The van der Waals surface area contributed by atoms with E-state index in [9.17, 15) is 14.7 Å². The highest BCUT2D eigenvalue weighted by Crippen LogP contribution is 2.27. The van der Waals surface area contributed by atoms with Gasteiger partial charge in [-0.3, -0.25) is 4.79 Å². The van der Waals surface area contributed by atoms with E-state index in [4.69, 9.17) is 11.6 Å². The van der Waals surface area contributed by atoms with Gasteiger partial charge in [0.2, 0.25) is 0 Å². The quantitative estimate of drug-likeness (QED) is 0.863. The molecule has 0 aliphatic rings. The normalized spacial score (nSPS) is 10.5. The summed E-state index contributed by atoms with van der Waals surface area (Å²) in [5.74, 6) is -1.32. The van der Waals surface area contributed by atoms with Crippen LogP contribution in [0.4, 0.5) is 0 Å². The van der Waals surface area contributed by atoms with Crippen molar-refractivity contribution in [1.29, 1.82) is 0 Å². The Bertz CT molecular complexity index is 679. The Labute approximate surface area is 122 Å². The van der Waals surface area contributed by atoms with Crippen LogP contribution in [0.3, 0.4) is 0 Å². The third kappa shape index (κ3) is 2.72. The van der Waals surface area contributed by atoms with Crippen molar-refractivity contribution in [2.24, 2.45) is 0 Å². The third-order valence-electron chi connectivity index (χ3n) is 2.61. The number of nitrogens with zero attached hydrogens (tertiary/aromatic N) is 1. The smallest absolute Gasteiger partial charge is 0.352 e. The Hall–Kier alpha value is -1.59. The summed E-state index contributed by atoms with van der Waals surface area (Å²) in [5, 5.41) is 9.59. The van der Waals surface area contributed by atoms with Crippen LogP contribution in [0.2, 0.25) is 5.02 Å². The van der Waals surface area contributed by atoms with Crippen molar-refractivity contribution < 1.29 is 14.7 Å². The molecule has 1 aromatic heterocycles. The number of rotatable bonds is 3. The fourth-order valence-corrected chi connectivity index (χ4v) is 2.25. The fraction of sp³-hybridized carbons (Fsp3) is 0.0769. The zero-order valence-electron chi connectivity index (χ0n) is 9.85. The van der Waals surface area contributed by atoms with E-state index in [0.717, 1.165) is 4.47 Å². The maximum absolute atomic E-state index is 11.4. The number of carboxylic acid groups (broad SMARTS) is 1. The zero-order chi connectivity index (χ0) is 14.2. The van der Waals surface area contributed by atoms with Crippen LogP contribution in [0.15, 0.2) is 34.9 Å². The molecule has 0 spiro atoms. The second-order valence-electron chi connectivity index (χ2n) is 3.94. The molecule has 1 aromatic carbocycles. The van der Waals surface area contributed by atoms with Gasteiger partial charge in [-0.25, -0.2) is 4.79 Å². The minimum atomic E-state index is -1.12. The van der Waals surface area contributed by atoms with E-state index in [-0.39, 0.29) is 11.5 Å². The fourth-order valence-electron chi connectivity index (χ4n) is 1.69. The highest BCUT2D eigenvalue weighted by Gasteiger charge is 2.17. The van der Waals surface area contributed by atoms with Crippen molar-refractivity contribution in [1.82, 2.24) is 4.57 Å². The van der Waals surface area contributed by atoms with E-state index in [1.54, 1.807) is 18.2 Å². The number of ketones is 1. The van der Waals surface area contributed by atoms with Crippen molar-refractivity contribution in [3.8, 4) is 5.69 Å². The molecule has 0 unspecified atom stereocenters. The number of carbonyl (C=O) groups is 2. The van der Waals surface area contributed by atoms with Crippen LogP contribution in [0.1, 0.15) is 27.8 Å². The first-order valence-corrected chi connectivity index (χ1v) is 6.49. The summed E-state index contributed by atoms with van der Waals surface area (Å²) in [6.45, 7) is 1.38. The van der Waals surface area contributed by atoms with Crippen LogP contribution in [0, 0.1) is 0 Å². The average molecular weight is 343 g/mol. The molecular formula is C13H9BrClNO3. The van der Waals surface area contributed by atoms with E-state index < -0.39 is 5.97 Å². The van der Waals surface area contributed by atoms with Gasteiger partial charge in [0.25, 0.3) is 0 Å². The largest absolute Gasteiger partial charge is 0.477 e. The van der Waals surface area contributed by atoms with Gasteiger partial charge in [-0.1, -0.05) is 27.5 Å². The average Bonchev–Trinajstić information content (AvgIpc) is 2.77. The van der Waals surface area contributed by atoms with Gasteiger partial charge in [-0.15, -0.1) is 0 Å². The summed E-state index contributed by atoms with van der Waals surface area (Å²) in [6.07, 6.45) is 1.47. The van der Waals surface area contributed by atoms with E-state index in [0.29, 0.717) is 16.3 Å². The van der Waals surface area contributed by atoms with Crippen molar-refractivity contribution >= 4 is 39.3 Å². The number of hydrogen-bond acceptors (Lipinski definition) is 2. The monoisotopic (exact) mass is 341 g/mol. The highest BCUT2D eigenvalue weighted by atomic mass is 79.9. The Morgan fingerprint density at radius 1 is 1.32 bits per heavy atom. The Morgan fingerprint density at radius 3 is 2.58 bits per heavy atom. The molecule has 1 heterocycles. The second kappa shape index (κ2) is 5.19. The molecular weight excluding hydrogens is 334 g/mol. The van der Waals surface area contributed by atoms with E-state index in [2.05, 4.69) is 15.9 Å². The lowest BCUT2D eigenvalue weighted by Crippen LogP contribution is -2.06. The molecule has 0 bridgehead atoms. The van der Waals surface area contributed by atoms with Crippen molar-refractivity contribution in [3.05, 3.63) is 51.2 Å². The van der Waals surface area contributed by atoms with Gasteiger partial charge in [-0.05, 0) is 31.2 Å². The first-order chi connectivity index (χ1) is 8.90.